The molecule has 0 fully saturated rings. The fourth-order valence-corrected chi connectivity index (χ4v) is 3.73. The van der Waals surface area contributed by atoms with Gasteiger partial charge in [-0.1, -0.05) is 54.1 Å². The van der Waals surface area contributed by atoms with E-state index in [1.807, 2.05) is 37.3 Å². The first-order valence-corrected chi connectivity index (χ1v) is 12.9. The van der Waals surface area contributed by atoms with Crippen molar-refractivity contribution in [2.24, 2.45) is 5.10 Å². The maximum atomic E-state index is 12.6. The summed E-state index contributed by atoms with van der Waals surface area (Å²) in [6.07, 6.45) is 1.51. The van der Waals surface area contributed by atoms with Gasteiger partial charge in [-0.25, -0.2) is 5.43 Å². The van der Waals surface area contributed by atoms with Crippen molar-refractivity contribution in [2.45, 2.75) is 13.5 Å². The van der Waals surface area contributed by atoms with Crippen molar-refractivity contribution in [1.29, 1.82) is 0 Å². The predicted molar refractivity (Wildman–Crippen MR) is 155 cm³/mol. The van der Waals surface area contributed by atoms with E-state index in [-0.39, 0.29) is 12.5 Å². The zero-order chi connectivity index (χ0) is 28.2. The van der Waals surface area contributed by atoms with Crippen molar-refractivity contribution in [2.75, 3.05) is 18.5 Å². The maximum absolute atomic E-state index is 12.6. The van der Waals surface area contributed by atoms with Crippen molar-refractivity contribution in [3.05, 3.63) is 119 Å². The van der Waals surface area contributed by atoms with Crippen LogP contribution >= 0.6 is 11.6 Å². The minimum atomic E-state index is -0.392. The van der Waals surface area contributed by atoms with Gasteiger partial charge in [0.05, 0.1) is 23.5 Å². The number of carbonyl (C=O) groups excluding carboxylic acids is 2. The summed E-state index contributed by atoms with van der Waals surface area (Å²) in [7, 11) is 0. The molecule has 4 rings (SSSR count). The Balaban J connectivity index is 1.27. The van der Waals surface area contributed by atoms with E-state index in [2.05, 4.69) is 15.8 Å². The normalized spacial score (nSPS) is 10.7. The van der Waals surface area contributed by atoms with Gasteiger partial charge < -0.3 is 19.5 Å². The number of anilines is 1. The van der Waals surface area contributed by atoms with E-state index in [4.69, 9.17) is 25.8 Å². The van der Waals surface area contributed by atoms with Crippen LogP contribution in [0.4, 0.5) is 5.69 Å². The molecule has 0 heterocycles. The van der Waals surface area contributed by atoms with Crippen LogP contribution in [-0.2, 0) is 11.4 Å². The largest absolute Gasteiger partial charge is 0.490 e. The molecule has 0 aliphatic carbocycles. The van der Waals surface area contributed by atoms with Gasteiger partial charge in [-0.15, -0.1) is 0 Å². The van der Waals surface area contributed by atoms with Gasteiger partial charge in [-0.3, -0.25) is 9.59 Å². The van der Waals surface area contributed by atoms with Crippen molar-refractivity contribution in [1.82, 2.24) is 5.43 Å². The van der Waals surface area contributed by atoms with E-state index in [0.29, 0.717) is 46.7 Å². The van der Waals surface area contributed by atoms with E-state index in [0.717, 1.165) is 11.1 Å². The van der Waals surface area contributed by atoms with E-state index >= 15 is 0 Å². The van der Waals surface area contributed by atoms with Gasteiger partial charge in [0.2, 0.25) is 0 Å². The summed E-state index contributed by atoms with van der Waals surface area (Å²) < 4.78 is 17.1. The average Bonchev–Trinajstić information content (AvgIpc) is 2.98. The molecule has 9 heteroatoms. The molecule has 0 saturated heterocycles. The molecule has 0 unspecified atom stereocenters. The van der Waals surface area contributed by atoms with Crippen LogP contribution in [0.25, 0.3) is 0 Å². The molecule has 4 aromatic carbocycles. The Hall–Kier alpha value is -4.82. The molecule has 8 nitrogen and oxygen atoms in total. The summed E-state index contributed by atoms with van der Waals surface area (Å²) >= 11 is 6.05. The number of hydrogen-bond donors (Lipinski definition) is 2. The summed E-state index contributed by atoms with van der Waals surface area (Å²) in [6.45, 7) is 2.51. The van der Waals surface area contributed by atoms with Gasteiger partial charge in [0.1, 0.15) is 12.4 Å². The smallest absolute Gasteiger partial charge is 0.271 e. The minimum absolute atomic E-state index is 0.172. The van der Waals surface area contributed by atoms with Gasteiger partial charge in [0, 0.05) is 5.56 Å². The molecule has 40 heavy (non-hydrogen) atoms. The number of halogens is 1. The lowest BCUT2D eigenvalue weighted by molar-refractivity contribution is -0.118. The quantitative estimate of drug-likeness (QED) is 0.162. The fourth-order valence-electron chi connectivity index (χ4n) is 3.55. The monoisotopic (exact) mass is 557 g/mol. The Kier molecular flexibility index (Phi) is 10.1. The number of ether oxygens (including phenoxy) is 3. The summed E-state index contributed by atoms with van der Waals surface area (Å²) in [5.41, 5.74) is 5.17. The molecule has 4 aromatic rings. The van der Waals surface area contributed by atoms with Crippen molar-refractivity contribution >= 4 is 35.3 Å². The first-order valence-electron chi connectivity index (χ1n) is 12.6. The second-order valence-electron chi connectivity index (χ2n) is 8.45. The standard InChI is InChI=1S/C31H28ClN3O5/c1-2-38-29-18-24(14-17-28(29)40-20-23-8-4-3-5-9-23)31(37)35-33-19-22-12-15-25(16-13-22)39-21-30(36)34-27-11-7-6-10-26(27)32/h3-19H,2,20-21H2,1H3,(H,34,36)(H,35,37)/b33-19+. The maximum Gasteiger partial charge on any atom is 0.271 e. The second-order valence-corrected chi connectivity index (χ2v) is 8.86. The number of nitrogens with one attached hydrogen (secondary N) is 2. The van der Waals surface area contributed by atoms with Crippen molar-refractivity contribution < 1.29 is 23.8 Å². The lowest BCUT2D eigenvalue weighted by Crippen LogP contribution is -2.20. The Morgan fingerprint density at radius 3 is 2.35 bits per heavy atom. The summed E-state index contributed by atoms with van der Waals surface area (Å²) in [5.74, 6) is 0.815. The molecule has 0 bridgehead atoms. The molecule has 0 aliphatic rings. The number of hydrazone groups is 1. The topological polar surface area (TPSA) is 98.3 Å². The third-order valence-electron chi connectivity index (χ3n) is 5.52. The second kappa shape index (κ2) is 14.4. The van der Waals surface area contributed by atoms with E-state index in [1.54, 1.807) is 66.7 Å². The number of rotatable bonds is 12. The fraction of sp³-hybridized carbons (Fsp3) is 0.129. The molecule has 2 N–H and O–H groups in total. The van der Waals surface area contributed by atoms with Crippen LogP contribution in [0.1, 0.15) is 28.4 Å². The molecule has 0 saturated carbocycles. The van der Waals surface area contributed by atoms with Gasteiger partial charge in [0.15, 0.2) is 18.1 Å². The summed E-state index contributed by atoms with van der Waals surface area (Å²) in [6, 6.07) is 28.7. The zero-order valence-corrected chi connectivity index (χ0v) is 22.6. The highest BCUT2D eigenvalue weighted by Gasteiger charge is 2.12. The molecular weight excluding hydrogens is 530 g/mol. The van der Waals surface area contributed by atoms with Crippen LogP contribution in [0.5, 0.6) is 17.2 Å². The number of carbonyl (C=O) groups is 2. The molecule has 0 aromatic heterocycles. The molecule has 2 amide bonds. The summed E-state index contributed by atoms with van der Waals surface area (Å²) in [5, 5.41) is 7.19. The summed E-state index contributed by atoms with van der Waals surface area (Å²) in [4.78, 5) is 24.8. The van der Waals surface area contributed by atoms with E-state index < -0.39 is 5.91 Å². The Bertz CT molecular complexity index is 1460. The SMILES string of the molecule is CCOc1cc(C(=O)N/N=C/c2ccc(OCC(=O)Nc3ccccc3Cl)cc2)ccc1OCc1ccccc1. The number of para-hydroxylation sites is 1. The van der Waals surface area contributed by atoms with Crippen LogP contribution < -0.4 is 25.0 Å². The Morgan fingerprint density at radius 1 is 0.850 bits per heavy atom. The molecule has 0 aliphatic heterocycles. The molecule has 0 radical (unpaired) electrons. The first kappa shape index (κ1) is 28.2. The highest BCUT2D eigenvalue weighted by molar-refractivity contribution is 6.33. The van der Waals surface area contributed by atoms with Crippen LogP contribution in [-0.4, -0.2) is 31.2 Å². The molecular formula is C31H28ClN3O5. The Labute approximate surface area is 237 Å². The predicted octanol–water partition coefficient (Wildman–Crippen LogP) is 6.10. The van der Waals surface area contributed by atoms with Crippen molar-refractivity contribution in [3.8, 4) is 17.2 Å². The number of amides is 2. The third-order valence-corrected chi connectivity index (χ3v) is 5.85. The van der Waals surface area contributed by atoms with Gasteiger partial charge in [-0.2, -0.15) is 5.10 Å². The molecule has 204 valence electrons. The number of hydrogen-bond acceptors (Lipinski definition) is 6. The van der Waals surface area contributed by atoms with Crippen molar-refractivity contribution in [3.63, 3.8) is 0 Å². The van der Waals surface area contributed by atoms with Gasteiger partial charge >= 0.3 is 0 Å². The third kappa shape index (κ3) is 8.34. The highest BCUT2D eigenvalue weighted by Crippen LogP contribution is 2.29. The highest BCUT2D eigenvalue weighted by atomic mass is 35.5. The lowest BCUT2D eigenvalue weighted by Gasteiger charge is -2.13. The van der Waals surface area contributed by atoms with E-state index in [9.17, 15) is 9.59 Å². The average molecular weight is 558 g/mol. The molecule has 0 atom stereocenters. The van der Waals surface area contributed by atoms with Gasteiger partial charge in [-0.05, 0) is 72.6 Å². The first-order chi connectivity index (χ1) is 19.5. The number of benzene rings is 4. The number of nitrogens with zero attached hydrogens (tertiary/aromatic N) is 1. The Morgan fingerprint density at radius 2 is 1.60 bits per heavy atom. The van der Waals surface area contributed by atoms with Crippen LogP contribution in [0.3, 0.4) is 0 Å². The lowest BCUT2D eigenvalue weighted by atomic mass is 10.2. The van der Waals surface area contributed by atoms with E-state index in [1.165, 1.54) is 6.21 Å². The molecule has 0 spiro atoms. The zero-order valence-electron chi connectivity index (χ0n) is 21.8. The minimum Gasteiger partial charge on any atom is -0.490 e. The van der Waals surface area contributed by atoms with Crippen LogP contribution in [0.2, 0.25) is 5.02 Å². The van der Waals surface area contributed by atoms with Crippen LogP contribution in [0, 0.1) is 0 Å². The van der Waals surface area contributed by atoms with Crippen LogP contribution in [0.15, 0.2) is 102 Å². The van der Waals surface area contributed by atoms with Gasteiger partial charge in [0.25, 0.3) is 11.8 Å².